The van der Waals surface area contributed by atoms with E-state index in [1.54, 1.807) is 67.6 Å². The van der Waals surface area contributed by atoms with E-state index in [2.05, 4.69) is 5.32 Å². The molecular formula is C33H30Cl2F3N3O4S. The molecule has 0 saturated carbocycles. The third kappa shape index (κ3) is 8.39. The predicted octanol–water partition coefficient (Wildman–Crippen LogP) is 6.98. The SMILES string of the molecule is CCNC(=O)[C@@H](Cc1ccccc1)N(Cc1ccccc1Cl)C(=O)CN(c1cc(C(F)(F)F)ccc1Cl)S(=O)(=O)c1ccccc1. The summed E-state index contributed by atoms with van der Waals surface area (Å²) >= 11 is 12.8. The second-order valence-electron chi connectivity index (χ2n) is 10.2. The molecule has 0 aliphatic carbocycles. The molecule has 7 nitrogen and oxygen atoms in total. The van der Waals surface area contributed by atoms with Crippen LogP contribution in [-0.2, 0) is 38.8 Å². The first-order chi connectivity index (χ1) is 21.8. The summed E-state index contributed by atoms with van der Waals surface area (Å²) < 4.78 is 70.0. The summed E-state index contributed by atoms with van der Waals surface area (Å²) in [6.45, 7) is 0.768. The lowest BCUT2D eigenvalue weighted by molar-refractivity contribution is -0.140. The number of nitrogens with one attached hydrogen (secondary N) is 1. The number of sulfonamides is 1. The molecule has 0 heterocycles. The fraction of sp³-hybridized carbons (Fsp3) is 0.212. The van der Waals surface area contributed by atoms with Crippen LogP contribution in [-0.4, -0.2) is 44.3 Å². The molecule has 0 fully saturated rings. The number of alkyl halides is 3. The number of likely N-dealkylation sites (N-methyl/N-ethyl adjacent to an activating group) is 1. The van der Waals surface area contributed by atoms with Gasteiger partial charge in [-0.3, -0.25) is 13.9 Å². The van der Waals surface area contributed by atoms with Crippen LogP contribution in [0.2, 0.25) is 10.0 Å². The lowest BCUT2D eigenvalue weighted by Gasteiger charge is -2.34. The number of carbonyl (C=O) groups is 2. The fourth-order valence-electron chi connectivity index (χ4n) is 4.77. The van der Waals surface area contributed by atoms with Gasteiger partial charge in [-0.1, -0.05) is 89.9 Å². The third-order valence-electron chi connectivity index (χ3n) is 7.07. The summed E-state index contributed by atoms with van der Waals surface area (Å²) in [5.41, 5.74) is -0.534. The maximum Gasteiger partial charge on any atom is 0.416 e. The van der Waals surface area contributed by atoms with Gasteiger partial charge >= 0.3 is 6.18 Å². The van der Waals surface area contributed by atoms with E-state index in [1.807, 2.05) is 0 Å². The van der Waals surface area contributed by atoms with E-state index < -0.39 is 51.9 Å². The smallest absolute Gasteiger partial charge is 0.355 e. The summed E-state index contributed by atoms with van der Waals surface area (Å²) in [4.78, 5) is 28.8. The quantitative estimate of drug-likeness (QED) is 0.174. The van der Waals surface area contributed by atoms with Gasteiger partial charge in [0.15, 0.2) is 0 Å². The topological polar surface area (TPSA) is 86.8 Å². The number of amides is 2. The van der Waals surface area contributed by atoms with Gasteiger partial charge in [0.25, 0.3) is 10.0 Å². The van der Waals surface area contributed by atoms with Crippen LogP contribution in [0.15, 0.2) is 108 Å². The normalized spacial score (nSPS) is 12.3. The average molecular weight is 693 g/mol. The lowest BCUT2D eigenvalue weighted by atomic mass is 10.0. The molecule has 4 aromatic carbocycles. The van der Waals surface area contributed by atoms with Gasteiger partial charge < -0.3 is 10.2 Å². The van der Waals surface area contributed by atoms with Gasteiger partial charge in [-0.15, -0.1) is 0 Å². The Kier molecular flexibility index (Phi) is 11.4. The molecule has 0 bridgehead atoms. The molecule has 4 rings (SSSR count). The van der Waals surface area contributed by atoms with Crippen LogP contribution in [0.25, 0.3) is 0 Å². The second kappa shape index (κ2) is 15.0. The van der Waals surface area contributed by atoms with Crippen molar-refractivity contribution in [2.24, 2.45) is 0 Å². The molecule has 13 heteroatoms. The van der Waals surface area contributed by atoms with Gasteiger partial charge in [0.1, 0.15) is 12.6 Å². The molecule has 0 unspecified atom stereocenters. The summed E-state index contributed by atoms with van der Waals surface area (Å²) in [6, 6.07) is 23.6. The van der Waals surface area contributed by atoms with Gasteiger partial charge in [-0.2, -0.15) is 13.2 Å². The molecule has 0 aliphatic heterocycles. The Labute approximate surface area is 275 Å². The van der Waals surface area contributed by atoms with Crippen LogP contribution in [0.5, 0.6) is 0 Å². The lowest BCUT2D eigenvalue weighted by Crippen LogP contribution is -2.53. The molecule has 1 atom stereocenters. The molecule has 0 spiro atoms. The molecule has 0 saturated heterocycles. The van der Waals surface area contributed by atoms with E-state index in [9.17, 15) is 31.2 Å². The van der Waals surface area contributed by atoms with E-state index in [0.29, 0.717) is 26.5 Å². The van der Waals surface area contributed by atoms with E-state index in [-0.39, 0.29) is 29.4 Å². The Balaban J connectivity index is 1.87. The van der Waals surface area contributed by atoms with E-state index in [1.165, 1.54) is 29.2 Å². The summed E-state index contributed by atoms with van der Waals surface area (Å²) in [5, 5.41) is 2.70. The van der Waals surface area contributed by atoms with E-state index in [0.717, 1.165) is 12.1 Å². The Morgan fingerprint density at radius 3 is 2.07 bits per heavy atom. The molecule has 242 valence electrons. The first-order valence-corrected chi connectivity index (χ1v) is 16.3. The highest BCUT2D eigenvalue weighted by atomic mass is 35.5. The fourth-order valence-corrected chi connectivity index (χ4v) is 6.68. The number of rotatable bonds is 12. The van der Waals surface area contributed by atoms with Crippen molar-refractivity contribution in [3.8, 4) is 0 Å². The maximum absolute atomic E-state index is 14.4. The highest BCUT2D eigenvalue weighted by Gasteiger charge is 2.37. The molecule has 0 aliphatic rings. The maximum atomic E-state index is 14.4. The van der Waals surface area contributed by atoms with Gasteiger partial charge in [-0.25, -0.2) is 8.42 Å². The molecular weight excluding hydrogens is 662 g/mol. The second-order valence-corrected chi connectivity index (χ2v) is 12.9. The van der Waals surface area contributed by atoms with Gasteiger partial charge in [0, 0.05) is 24.5 Å². The van der Waals surface area contributed by atoms with Crippen molar-refractivity contribution in [3.63, 3.8) is 0 Å². The summed E-state index contributed by atoms with van der Waals surface area (Å²) in [7, 11) is -4.66. The zero-order chi connectivity index (χ0) is 33.5. The number of hydrogen-bond donors (Lipinski definition) is 1. The van der Waals surface area contributed by atoms with Gasteiger partial charge in [0.2, 0.25) is 11.8 Å². The number of benzene rings is 4. The number of hydrogen-bond acceptors (Lipinski definition) is 4. The van der Waals surface area contributed by atoms with Crippen LogP contribution in [0.3, 0.4) is 0 Å². The standard InChI is InChI=1S/C33H30Cl2F3N3O4S/c1-2-39-32(43)30(19-23-11-5-3-6-12-23)40(21-24-13-9-10-16-27(24)34)31(42)22-41(46(44,45)26-14-7-4-8-15-26)29-20-25(33(36,37)38)17-18-28(29)35/h3-18,20,30H,2,19,21-22H2,1H3,(H,39,43)/t30-/m1/s1. The number of nitrogens with zero attached hydrogens (tertiary/aromatic N) is 2. The van der Waals surface area contributed by atoms with Crippen LogP contribution in [0, 0.1) is 0 Å². The monoisotopic (exact) mass is 691 g/mol. The molecule has 2 amide bonds. The first-order valence-electron chi connectivity index (χ1n) is 14.1. The molecule has 46 heavy (non-hydrogen) atoms. The first kappa shape index (κ1) is 34.8. The van der Waals surface area contributed by atoms with Crippen molar-refractivity contribution in [1.82, 2.24) is 10.2 Å². The zero-order valence-electron chi connectivity index (χ0n) is 24.5. The van der Waals surface area contributed by atoms with Crippen LogP contribution >= 0.6 is 23.2 Å². The number of anilines is 1. The number of halogens is 5. The highest BCUT2D eigenvalue weighted by Crippen LogP contribution is 2.37. The molecule has 4 aromatic rings. The summed E-state index contributed by atoms with van der Waals surface area (Å²) in [6.07, 6.45) is -4.78. The van der Waals surface area contributed by atoms with Crippen molar-refractivity contribution in [2.45, 2.75) is 37.0 Å². The van der Waals surface area contributed by atoms with Crippen LogP contribution in [0.4, 0.5) is 18.9 Å². The largest absolute Gasteiger partial charge is 0.416 e. The molecule has 0 radical (unpaired) electrons. The third-order valence-corrected chi connectivity index (χ3v) is 9.54. The van der Waals surface area contributed by atoms with Crippen molar-refractivity contribution >= 4 is 50.7 Å². The van der Waals surface area contributed by atoms with Crippen molar-refractivity contribution in [3.05, 3.63) is 130 Å². The zero-order valence-corrected chi connectivity index (χ0v) is 26.9. The van der Waals surface area contributed by atoms with E-state index in [4.69, 9.17) is 23.2 Å². The Hall–Kier alpha value is -4.06. The molecule has 1 N–H and O–H groups in total. The van der Waals surface area contributed by atoms with Gasteiger partial charge in [0.05, 0.1) is 21.2 Å². The minimum Gasteiger partial charge on any atom is -0.355 e. The highest BCUT2D eigenvalue weighted by molar-refractivity contribution is 7.92. The van der Waals surface area contributed by atoms with E-state index >= 15 is 0 Å². The summed E-state index contributed by atoms with van der Waals surface area (Å²) in [5.74, 6) is -1.39. The Morgan fingerprint density at radius 2 is 1.46 bits per heavy atom. The van der Waals surface area contributed by atoms with Gasteiger partial charge in [-0.05, 0) is 54.4 Å². The average Bonchev–Trinajstić information content (AvgIpc) is 3.03. The Morgan fingerprint density at radius 1 is 0.848 bits per heavy atom. The predicted molar refractivity (Wildman–Crippen MR) is 172 cm³/mol. The van der Waals surface area contributed by atoms with Crippen LogP contribution in [0.1, 0.15) is 23.6 Å². The minimum absolute atomic E-state index is 0.0542. The van der Waals surface area contributed by atoms with Crippen molar-refractivity contribution in [1.29, 1.82) is 0 Å². The van der Waals surface area contributed by atoms with Crippen LogP contribution < -0.4 is 9.62 Å². The minimum atomic E-state index is -4.83. The number of carbonyl (C=O) groups excluding carboxylic acids is 2. The molecule has 0 aromatic heterocycles. The van der Waals surface area contributed by atoms with Crippen molar-refractivity contribution in [2.75, 3.05) is 17.4 Å². The van der Waals surface area contributed by atoms with Crippen molar-refractivity contribution < 1.29 is 31.2 Å². The Bertz CT molecular complexity index is 1780.